The van der Waals surface area contributed by atoms with Crippen LogP contribution < -0.4 is 0 Å². The number of aromatic nitrogens is 3. The van der Waals surface area contributed by atoms with Gasteiger partial charge in [-0.1, -0.05) is 56.9 Å². The first-order valence-corrected chi connectivity index (χ1v) is 12.3. The molecule has 4 rings (SSSR count). The maximum atomic E-state index is 13.1. The number of benzene rings is 1. The molecule has 0 saturated carbocycles. The molecule has 2 aromatic heterocycles. The molecule has 2 N–H and O–H groups in total. The van der Waals surface area contributed by atoms with E-state index in [-0.39, 0.29) is 5.69 Å². The van der Waals surface area contributed by atoms with Crippen LogP contribution in [0.3, 0.4) is 0 Å². The van der Waals surface area contributed by atoms with E-state index in [1.165, 1.54) is 13.1 Å². The molecule has 1 aliphatic rings. The summed E-state index contributed by atoms with van der Waals surface area (Å²) in [7, 11) is 1.99. The maximum Gasteiger partial charge on any atom is 0.433 e. The Morgan fingerprint density at radius 1 is 0.974 bits per heavy atom. The molecule has 1 fully saturated rings. The fraction of sp³-hybridized carbons (Fsp3) is 0.414. The molecule has 3 heterocycles. The molecule has 1 saturated heterocycles. The van der Waals surface area contributed by atoms with Crippen LogP contribution in [0.2, 0.25) is 0 Å². The number of hydrogen-bond donors (Lipinski definition) is 2. The normalized spacial score (nSPS) is 18.6. The third kappa shape index (κ3) is 5.17. The van der Waals surface area contributed by atoms with Crippen LogP contribution in [0.5, 0.6) is 0 Å². The average molecular weight is 525 g/mol. The van der Waals surface area contributed by atoms with Crippen molar-refractivity contribution in [3.63, 3.8) is 0 Å². The van der Waals surface area contributed by atoms with Gasteiger partial charge in [-0.15, -0.1) is 0 Å². The molecule has 3 aromatic rings. The van der Waals surface area contributed by atoms with Crippen molar-refractivity contribution in [1.29, 1.82) is 0 Å². The van der Waals surface area contributed by atoms with E-state index in [1.807, 2.05) is 38.2 Å². The van der Waals surface area contributed by atoms with Gasteiger partial charge in [-0.25, -0.2) is 9.97 Å². The predicted octanol–water partition coefficient (Wildman–Crippen LogP) is 4.46. The van der Waals surface area contributed by atoms with Crippen molar-refractivity contribution in [3.8, 4) is 11.8 Å². The molecule has 0 spiro atoms. The van der Waals surface area contributed by atoms with Gasteiger partial charge in [0.05, 0.1) is 5.69 Å². The predicted molar refractivity (Wildman–Crippen MR) is 137 cm³/mol. The highest BCUT2D eigenvalue weighted by Gasteiger charge is 2.55. The molecular weight excluding hydrogens is 493 g/mol. The minimum Gasteiger partial charge on any atom is -0.380 e. The van der Waals surface area contributed by atoms with Gasteiger partial charge in [0.15, 0.2) is 5.60 Å². The summed E-state index contributed by atoms with van der Waals surface area (Å²) in [6.45, 7) is 8.83. The summed E-state index contributed by atoms with van der Waals surface area (Å²) in [5.41, 5.74) is -2.48. The van der Waals surface area contributed by atoms with E-state index in [0.717, 1.165) is 17.5 Å². The van der Waals surface area contributed by atoms with Gasteiger partial charge in [-0.05, 0) is 43.1 Å². The number of halogens is 3. The molecule has 0 radical (unpaired) electrons. The number of likely N-dealkylation sites (tertiary alicyclic amines) is 1. The fourth-order valence-corrected chi connectivity index (χ4v) is 5.09. The molecule has 0 bridgehead atoms. The number of nitrogens with zero attached hydrogens (tertiary/aromatic N) is 4. The smallest absolute Gasteiger partial charge is 0.380 e. The number of alkyl halides is 3. The second kappa shape index (κ2) is 9.77. The lowest BCUT2D eigenvalue weighted by Gasteiger charge is -2.55. The number of aliphatic hydroxyl groups is 2. The van der Waals surface area contributed by atoms with E-state index in [2.05, 4.69) is 45.5 Å². The summed E-state index contributed by atoms with van der Waals surface area (Å²) < 4.78 is 39.2. The van der Waals surface area contributed by atoms with Gasteiger partial charge in [-0.2, -0.15) is 13.2 Å². The van der Waals surface area contributed by atoms with Gasteiger partial charge < -0.3 is 15.1 Å². The number of hydrogen-bond acceptors (Lipinski definition) is 6. The van der Waals surface area contributed by atoms with Gasteiger partial charge in [0.2, 0.25) is 0 Å². The molecule has 9 heteroatoms. The van der Waals surface area contributed by atoms with Crippen molar-refractivity contribution < 1.29 is 23.4 Å². The molecule has 38 heavy (non-hydrogen) atoms. The van der Waals surface area contributed by atoms with Gasteiger partial charge in [0.1, 0.15) is 17.6 Å². The fourth-order valence-electron chi connectivity index (χ4n) is 5.09. The maximum absolute atomic E-state index is 13.1. The second-order valence-corrected chi connectivity index (χ2v) is 10.8. The van der Waals surface area contributed by atoms with E-state index in [0.29, 0.717) is 36.2 Å². The van der Waals surface area contributed by atoms with Crippen molar-refractivity contribution in [1.82, 2.24) is 19.9 Å². The second-order valence-electron chi connectivity index (χ2n) is 10.8. The molecule has 1 aromatic carbocycles. The highest BCUT2D eigenvalue weighted by Crippen LogP contribution is 2.50. The standard InChI is InChI=1S/C29H31F3N4O2/c1-19(2)21-6-8-22(9-7-21)28(38,26(3)16-36(5)17-26)23-12-20(14-33-15-23)10-11-27(4,37)24-13-25(29(30,31)32)35-18-34-24/h6-9,12-15,18-19,37-38H,16-17H2,1-5H3/t27?,28-/m0/s1. The van der Waals surface area contributed by atoms with Crippen LogP contribution in [-0.2, 0) is 17.4 Å². The van der Waals surface area contributed by atoms with E-state index in [1.54, 1.807) is 12.3 Å². The zero-order chi connectivity index (χ0) is 27.9. The van der Waals surface area contributed by atoms with Crippen molar-refractivity contribution in [2.24, 2.45) is 5.41 Å². The molecule has 0 amide bonds. The molecular formula is C29H31F3N4O2. The van der Waals surface area contributed by atoms with Gasteiger partial charge >= 0.3 is 6.18 Å². The van der Waals surface area contributed by atoms with Crippen LogP contribution >= 0.6 is 0 Å². The summed E-state index contributed by atoms with van der Waals surface area (Å²) >= 11 is 0. The first-order valence-electron chi connectivity index (χ1n) is 12.3. The van der Waals surface area contributed by atoms with Crippen LogP contribution in [0.4, 0.5) is 13.2 Å². The van der Waals surface area contributed by atoms with Crippen LogP contribution in [0.1, 0.15) is 67.3 Å². The first kappa shape index (κ1) is 27.7. The lowest BCUT2D eigenvalue weighted by molar-refractivity contribution is -0.141. The summed E-state index contributed by atoms with van der Waals surface area (Å²) in [6, 6.07) is 10.3. The van der Waals surface area contributed by atoms with Crippen LogP contribution in [0.15, 0.2) is 55.1 Å². The van der Waals surface area contributed by atoms with E-state index < -0.39 is 28.5 Å². The molecule has 6 nitrogen and oxygen atoms in total. The Morgan fingerprint density at radius 2 is 1.61 bits per heavy atom. The third-order valence-corrected chi connectivity index (χ3v) is 7.17. The van der Waals surface area contributed by atoms with Crippen molar-refractivity contribution in [2.75, 3.05) is 20.1 Å². The molecule has 1 unspecified atom stereocenters. The summed E-state index contributed by atoms with van der Waals surface area (Å²) in [6.07, 6.45) is -0.852. The molecule has 2 atom stereocenters. The minimum atomic E-state index is -4.68. The lowest BCUT2D eigenvalue weighted by atomic mass is 9.62. The third-order valence-electron chi connectivity index (χ3n) is 7.17. The highest BCUT2D eigenvalue weighted by molar-refractivity contribution is 5.45. The summed E-state index contributed by atoms with van der Waals surface area (Å²) in [5, 5.41) is 23.1. The Labute approximate surface area is 220 Å². The van der Waals surface area contributed by atoms with E-state index in [9.17, 15) is 23.4 Å². The Kier molecular flexibility index (Phi) is 7.12. The lowest BCUT2D eigenvalue weighted by Crippen LogP contribution is -2.63. The molecule has 0 aliphatic carbocycles. The minimum absolute atomic E-state index is 0.275. The quantitative estimate of drug-likeness (QED) is 0.480. The van der Waals surface area contributed by atoms with Gasteiger partial charge in [0, 0.05) is 42.0 Å². The van der Waals surface area contributed by atoms with Gasteiger partial charge in [0.25, 0.3) is 0 Å². The average Bonchev–Trinajstić information content (AvgIpc) is 2.86. The van der Waals surface area contributed by atoms with E-state index in [4.69, 9.17) is 0 Å². The summed E-state index contributed by atoms with van der Waals surface area (Å²) in [4.78, 5) is 13.4. The zero-order valence-electron chi connectivity index (χ0n) is 22.0. The van der Waals surface area contributed by atoms with Crippen molar-refractivity contribution in [2.45, 2.75) is 51.0 Å². The Hall–Kier alpha value is -3.32. The Balaban J connectivity index is 1.73. The first-order chi connectivity index (χ1) is 17.7. The zero-order valence-corrected chi connectivity index (χ0v) is 22.0. The summed E-state index contributed by atoms with van der Waals surface area (Å²) in [5.74, 6) is 5.75. The van der Waals surface area contributed by atoms with Crippen LogP contribution in [0, 0.1) is 17.3 Å². The Morgan fingerprint density at radius 3 is 2.18 bits per heavy atom. The molecule has 200 valence electrons. The van der Waals surface area contributed by atoms with Crippen molar-refractivity contribution in [3.05, 3.63) is 88.8 Å². The largest absolute Gasteiger partial charge is 0.433 e. The van der Waals surface area contributed by atoms with Crippen molar-refractivity contribution >= 4 is 0 Å². The number of pyridine rings is 1. The number of rotatable bonds is 5. The molecule has 1 aliphatic heterocycles. The topological polar surface area (TPSA) is 82.4 Å². The SMILES string of the molecule is CC(C)c1ccc([C@](O)(c2cncc(C#CC(C)(O)c3cc(C(F)(F)F)ncn3)c2)C2(C)CN(C)C2)cc1. The Bertz CT molecular complexity index is 1370. The van der Waals surface area contributed by atoms with E-state index >= 15 is 0 Å². The van der Waals surface area contributed by atoms with Crippen LogP contribution in [-0.4, -0.2) is 50.2 Å². The van der Waals surface area contributed by atoms with Gasteiger partial charge in [-0.3, -0.25) is 4.98 Å². The highest BCUT2D eigenvalue weighted by atomic mass is 19.4. The van der Waals surface area contributed by atoms with Crippen LogP contribution in [0.25, 0.3) is 0 Å². The monoisotopic (exact) mass is 524 g/mol.